The van der Waals surface area contributed by atoms with Crippen molar-refractivity contribution in [1.29, 1.82) is 0 Å². The Morgan fingerprint density at radius 1 is 1.38 bits per heavy atom. The van der Waals surface area contributed by atoms with E-state index < -0.39 is 5.54 Å². The molecule has 1 fully saturated rings. The monoisotopic (exact) mass is 328 g/mol. The SMILES string of the molecule is CCCc1cc(N2CCC(N)C2)nc(C2(N)C=CC(N)=C(C)C2)n1. The molecule has 0 aromatic carbocycles. The number of anilines is 1. The first-order chi connectivity index (χ1) is 11.4. The van der Waals surface area contributed by atoms with Gasteiger partial charge in [0.2, 0.25) is 0 Å². The number of nitrogens with zero attached hydrogens (tertiary/aromatic N) is 3. The summed E-state index contributed by atoms with van der Waals surface area (Å²) in [5.74, 6) is 1.61. The molecule has 2 unspecified atom stereocenters. The van der Waals surface area contributed by atoms with Gasteiger partial charge in [-0.25, -0.2) is 9.97 Å². The normalized spacial score (nSPS) is 27.2. The van der Waals surface area contributed by atoms with Crippen LogP contribution in [0.4, 0.5) is 5.82 Å². The fourth-order valence-electron chi connectivity index (χ4n) is 3.37. The second-order valence-corrected chi connectivity index (χ2v) is 7.07. The van der Waals surface area contributed by atoms with E-state index in [0.717, 1.165) is 55.1 Å². The summed E-state index contributed by atoms with van der Waals surface area (Å²) in [4.78, 5) is 11.8. The second kappa shape index (κ2) is 6.53. The third-order valence-corrected chi connectivity index (χ3v) is 4.85. The van der Waals surface area contributed by atoms with Gasteiger partial charge in [-0.1, -0.05) is 19.4 Å². The van der Waals surface area contributed by atoms with Gasteiger partial charge >= 0.3 is 0 Å². The predicted molar refractivity (Wildman–Crippen MR) is 97.3 cm³/mol. The van der Waals surface area contributed by atoms with Gasteiger partial charge in [0.15, 0.2) is 5.82 Å². The topological polar surface area (TPSA) is 107 Å². The quantitative estimate of drug-likeness (QED) is 0.769. The number of aryl methyl sites for hydroxylation is 1. The van der Waals surface area contributed by atoms with Crippen LogP contribution in [-0.4, -0.2) is 29.1 Å². The molecule has 2 heterocycles. The molecule has 0 radical (unpaired) electrons. The lowest BCUT2D eigenvalue weighted by molar-refractivity contribution is 0.504. The van der Waals surface area contributed by atoms with Gasteiger partial charge in [-0.3, -0.25) is 0 Å². The van der Waals surface area contributed by atoms with Crippen molar-refractivity contribution in [1.82, 2.24) is 9.97 Å². The van der Waals surface area contributed by atoms with Crippen LogP contribution in [0.15, 0.2) is 29.5 Å². The van der Waals surface area contributed by atoms with Crippen LogP contribution in [0.2, 0.25) is 0 Å². The molecular formula is C18H28N6. The zero-order valence-electron chi connectivity index (χ0n) is 14.6. The Morgan fingerprint density at radius 3 is 2.79 bits per heavy atom. The standard InChI is InChI=1S/C18H28N6/c1-3-4-14-9-16(24-8-6-13(19)11-24)23-17(22-14)18(21)7-5-15(20)12(2)10-18/h5,7,9,13H,3-4,6,8,10-11,19-21H2,1-2H3. The maximum absolute atomic E-state index is 6.65. The number of nitrogens with two attached hydrogens (primary N) is 3. The summed E-state index contributed by atoms with van der Waals surface area (Å²) in [6.45, 7) is 5.93. The minimum atomic E-state index is -0.701. The van der Waals surface area contributed by atoms with Crippen molar-refractivity contribution in [3.05, 3.63) is 41.0 Å². The first-order valence-electron chi connectivity index (χ1n) is 8.73. The van der Waals surface area contributed by atoms with E-state index in [-0.39, 0.29) is 6.04 Å². The van der Waals surface area contributed by atoms with Crippen molar-refractivity contribution < 1.29 is 0 Å². The van der Waals surface area contributed by atoms with Gasteiger partial charge in [0, 0.05) is 36.6 Å². The molecule has 6 N–H and O–H groups in total. The van der Waals surface area contributed by atoms with E-state index in [1.54, 1.807) is 0 Å². The van der Waals surface area contributed by atoms with Crippen molar-refractivity contribution in [3.8, 4) is 0 Å². The van der Waals surface area contributed by atoms with Gasteiger partial charge in [0.05, 0.1) is 5.54 Å². The number of rotatable bonds is 4. The predicted octanol–water partition coefficient (Wildman–Crippen LogP) is 1.31. The fourth-order valence-corrected chi connectivity index (χ4v) is 3.37. The van der Waals surface area contributed by atoms with Crippen LogP contribution in [-0.2, 0) is 12.0 Å². The molecule has 6 nitrogen and oxygen atoms in total. The number of aromatic nitrogens is 2. The van der Waals surface area contributed by atoms with Crippen molar-refractivity contribution in [2.24, 2.45) is 17.2 Å². The van der Waals surface area contributed by atoms with Gasteiger partial charge < -0.3 is 22.1 Å². The Balaban J connectivity index is 1.98. The number of hydrogen-bond donors (Lipinski definition) is 3. The first kappa shape index (κ1) is 16.9. The van der Waals surface area contributed by atoms with Crippen molar-refractivity contribution >= 4 is 5.82 Å². The summed E-state index contributed by atoms with van der Waals surface area (Å²) < 4.78 is 0. The summed E-state index contributed by atoms with van der Waals surface area (Å²) >= 11 is 0. The van der Waals surface area contributed by atoms with Crippen molar-refractivity contribution in [2.75, 3.05) is 18.0 Å². The molecule has 1 aromatic rings. The molecule has 6 heteroatoms. The highest BCUT2D eigenvalue weighted by atomic mass is 15.2. The lowest BCUT2D eigenvalue weighted by atomic mass is 9.86. The van der Waals surface area contributed by atoms with Gasteiger partial charge in [-0.15, -0.1) is 0 Å². The van der Waals surface area contributed by atoms with Crippen LogP contribution in [0.25, 0.3) is 0 Å². The molecule has 2 aliphatic rings. The number of allylic oxidation sites excluding steroid dienone is 1. The molecule has 0 saturated carbocycles. The molecule has 0 bridgehead atoms. The van der Waals surface area contributed by atoms with E-state index in [4.69, 9.17) is 27.2 Å². The molecule has 2 atom stereocenters. The number of hydrogen-bond acceptors (Lipinski definition) is 6. The summed E-state index contributed by atoms with van der Waals surface area (Å²) in [5, 5.41) is 0. The Kier molecular flexibility index (Phi) is 4.60. The molecule has 1 saturated heterocycles. The van der Waals surface area contributed by atoms with Crippen LogP contribution < -0.4 is 22.1 Å². The zero-order valence-corrected chi connectivity index (χ0v) is 14.6. The molecular weight excluding hydrogens is 300 g/mol. The summed E-state index contributed by atoms with van der Waals surface area (Å²) in [6, 6.07) is 2.29. The molecule has 0 spiro atoms. The molecule has 3 rings (SSSR count). The fraction of sp³-hybridized carbons (Fsp3) is 0.556. The van der Waals surface area contributed by atoms with Gasteiger partial charge in [-0.05, 0) is 37.8 Å². The van der Waals surface area contributed by atoms with E-state index in [0.29, 0.717) is 12.2 Å². The zero-order chi connectivity index (χ0) is 17.3. The molecule has 24 heavy (non-hydrogen) atoms. The molecule has 130 valence electrons. The highest BCUT2D eigenvalue weighted by Crippen LogP contribution is 2.31. The van der Waals surface area contributed by atoms with Crippen LogP contribution >= 0.6 is 0 Å². The smallest absolute Gasteiger partial charge is 0.155 e. The van der Waals surface area contributed by atoms with E-state index in [1.807, 2.05) is 19.1 Å². The molecule has 1 aliphatic heterocycles. The van der Waals surface area contributed by atoms with Gasteiger partial charge in [0.25, 0.3) is 0 Å². The van der Waals surface area contributed by atoms with E-state index >= 15 is 0 Å². The average molecular weight is 328 g/mol. The van der Waals surface area contributed by atoms with Crippen molar-refractivity contribution in [2.45, 2.75) is 51.1 Å². The average Bonchev–Trinajstić information content (AvgIpc) is 2.98. The summed E-state index contributed by atoms with van der Waals surface area (Å²) in [5.41, 5.74) is 20.9. The maximum Gasteiger partial charge on any atom is 0.155 e. The highest BCUT2D eigenvalue weighted by molar-refractivity contribution is 5.44. The van der Waals surface area contributed by atoms with Crippen molar-refractivity contribution in [3.63, 3.8) is 0 Å². The Hall–Kier alpha value is -1.92. The summed E-state index contributed by atoms with van der Waals surface area (Å²) in [6.07, 6.45) is 7.40. The van der Waals surface area contributed by atoms with E-state index in [1.165, 1.54) is 0 Å². The third-order valence-electron chi connectivity index (χ3n) is 4.85. The van der Waals surface area contributed by atoms with Crippen LogP contribution in [0, 0.1) is 0 Å². The minimum Gasteiger partial charge on any atom is -0.399 e. The summed E-state index contributed by atoms with van der Waals surface area (Å²) in [7, 11) is 0. The van der Waals surface area contributed by atoms with Gasteiger partial charge in [-0.2, -0.15) is 0 Å². The van der Waals surface area contributed by atoms with Gasteiger partial charge in [0.1, 0.15) is 5.82 Å². The lowest BCUT2D eigenvalue weighted by Crippen LogP contribution is -2.39. The first-order valence-corrected chi connectivity index (χ1v) is 8.73. The maximum atomic E-state index is 6.65. The van der Waals surface area contributed by atoms with E-state index in [2.05, 4.69) is 17.9 Å². The van der Waals surface area contributed by atoms with Crippen LogP contribution in [0.3, 0.4) is 0 Å². The molecule has 0 amide bonds. The van der Waals surface area contributed by atoms with Crippen LogP contribution in [0.5, 0.6) is 0 Å². The lowest BCUT2D eigenvalue weighted by Gasteiger charge is -2.30. The second-order valence-electron chi connectivity index (χ2n) is 7.07. The molecule has 1 aliphatic carbocycles. The minimum absolute atomic E-state index is 0.212. The Bertz CT molecular complexity index is 680. The van der Waals surface area contributed by atoms with Crippen LogP contribution in [0.1, 0.15) is 44.6 Å². The third kappa shape index (κ3) is 3.30. The Labute approximate surface area is 143 Å². The Morgan fingerprint density at radius 2 is 2.17 bits per heavy atom. The molecule has 1 aromatic heterocycles. The van der Waals surface area contributed by atoms with E-state index in [9.17, 15) is 0 Å². The highest BCUT2D eigenvalue weighted by Gasteiger charge is 2.32. The largest absolute Gasteiger partial charge is 0.399 e.